The lowest BCUT2D eigenvalue weighted by Gasteiger charge is -2.38. The summed E-state index contributed by atoms with van der Waals surface area (Å²) in [4.78, 5) is 84.6. The topological polar surface area (TPSA) is 145 Å². The summed E-state index contributed by atoms with van der Waals surface area (Å²) in [6.07, 6.45) is 0.636. The Hall–Kier alpha value is -3.18. The Labute approximate surface area is 250 Å². The molecule has 0 bridgehead atoms. The summed E-state index contributed by atoms with van der Waals surface area (Å²) in [6, 6.07) is -3.52. The number of hydrogen-bond donors (Lipinski definition) is 2. The lowest BCUT2D eigenvalue weighted by atomic mass is 9.94. The van der Waals surface area contributed by atoms with Crippen molar-refractivity contribution >= 4 is 35.5 Å². The minimum atomic E-state index is -1.07. The van der Waals surface area contributed by atoms with E-state index in [0.717, 1.165) is 0 Å². The van der Waals surface area contributed by atoms with Gasteiger partial charge in [-0.3, -0.25) is 28.8 Å². The molecule has 0 unspecified atom stereocenters. The fourth-order valence-electron chi connectivity index (χ4n) is 5.53. The molecule has 2 aliphatic heterocycles. The predicted octanol–water partition coefficient (Wildman–Crippen LogP) is 1.32. The van der Waals surface area contributed by atoms with Crippen LogP contribution in [0.2, 0.25) is 0 Å². The minimum Gasteiger partial charge on any atom is -0.452 e. The van der Waals surface area contributed by atoms with Crippen LogP contribution in [0.1, 0.15) is 80.6 Å². The van der Waals surface area contributed by atoms with Crippen molar-refractivity contribution in [2.24, 2.45) is 17.8 Å². The molecule has 0 saturated carbocycles. The highest BCUT2D eigenvalue weighted by molar-refractivity contribution is 5.96. The molecule has 42 heavy (non-hydrogen) atoms. The Morgan fingerprint density at radius 1 is 0.905 bits per heavy atom. The molecular weight excluding hydrogens is 542 g/mol. The number of amides is 5. The van der Waals surface area contributed by atoms with Gasteiger partial charge < -0.3 is 30.1 Å². The smallest absolute Gasteiger partial charge is 0.308 e. The van der Waals surface area contributed by atoms with E-state index in [1.54, 1.807) is 14.0 Å². The van der Waals surface area contributed by atoms with Gasteiger partial charge in [-0.25, -0.2) is 0 Å². The standard InChI is InChI=1S/C30H51N5O7/c1-10-19(6)24-29(40)34(9)25(18(4)5)30(41)33(8)20(7)26(37)31-14-13-23(36)42-22(16-17(2)3)28(39)35-15-11-12-21(35)27(38)32-24/h17-22,24-25H,10-16H2,1-9H3,(H,31,37)(H,32,38)/t19-,20+,21-,22+,24-,25-/m0/s1. The van der Waals surface area contributed by atoms with E-state index in [-0.39, 0.29) is 37.1 Å². The first-order valence-electron chi connectivity index (χ1n) is 15.2. The van der Waals surface area contributed by atoms with Gasteiger partial charge in [0.2, 0.25) is 23.6 Å². The highest BCUT2D eigenvalue weighted by Crippen LogP contribution is 2.24. The second-order valence-electron chi connectivity index (χ2n) is 12.5. The fourth-order valence-corrected chi connectivity index (χ4v) is 5.53. The number of likely N-dealkylation sites (N-methyl/N-ethyl adjacent to an activating group) is 2. The monoisotopic (exact) mass is 593 g/mol. The van der Waals surface area contributed by atoms with Gasteiger partial charge in [-0.1, -0.05) is 48.0 Å². The fraction of sp³-hybridized carbons (Fsp3) is 0.800. The number of cyclic esters (lactones) is 1. The highest BCUT2D eigenvalue weighted by Gasteiger charge is 2.42. The third kappa shape index (κ3) is 8.44. The first-order chi connectivity index (χ1) is 19.6. The molecule has 0 aliphatic carbocycles. The Bertz CT molecular complexity index is 1020. The molecular formula is C30H51N5O7. The Balaban J connectivity index is 2.54. The van der Waals surface area contributed by atoms with Gasteiger partial charge in [0.05, 0.1) is 6.42 Å². The van der Waals surface area contributed by atoms with Crippen LogP contribution in [0.4, 0.5) is 0 Å². The largest absolute Gasteiger partial charge is 0.452 e. The van der Waals surface area contributed by atoms with Gasteiger partial charge in [-0.05, 0) is 43.9 Å². The van der Waals surface area contributed by atoms with Gasteiger partial charge in [0, 0.05) is 27.2 Å². The summed E-state index contributed by atoms with van der Waals surface area (Å²) in [7, 11) is 3.04. The maximum absolute atomic E-state index is 13.9. The molecule has 0 aromatic heterocycles. The number of hydrogen-bond acceptors (Lipinski definition) is 7. The first kappa shape index (κ1) is 35.0. The number of nitrogens with one attached hydrogen (secondary N) is 2. The molecule has 2 aliphatic rings. The van der Waals surface area contributed by atoms with Crippen LogP contribution in [0.3, 0.4) is 0 Å². The Kier molecular flexibility index (Phi) is 12.8. The van der Waals surface area contributed by atoms with Crippen molar-refractivity contribution in [3.63, 3.8) is 0 Å². The quantitative estimate of drug-likeness (QED) is 0.457. The maximum Gasteiger partial charge on any atom is 0.308 e. The summed E-state index contributed by atoms with van der Waals surface area (Å²) in [6.45, 7) is 13.1. The van der Waals surface area contributed by atoms with Crippen LogP contribution in [0, 0.1) is 17.8 Å². The average molecular weight is 594 g/mol. The molecule has 0 aromatic rings. The molecule has 2 rings (SSSR count). The van der Waals surface area contributed by atoms with E-state index in [1.165, 1.54) is 21.7 Å². The highest BCUT2D eigenvalue weighted by atomic mass is 16.5. The lowest BCUT2D eigenvalue weighted by molar-refractivity contribution is -0.162. The summed E-state index contributed by atoms with van der Waals surface area (Å²) in [5, 5.41) is 5.57. The van der Waals surface area contributed by atoms with E-state index in [0.29, 0.717) is 25.8 Å². The van der Waals surface area contributed by atoms with Gasteiger partial charge in [-0.15, -0.1) is 0 Å². The molecule has 12 nitrogen and oxygen atoms in total. The van der Waals surface area contributed by atoms with Crippen molar-refractivity contribution < 1.29 is 33.5 Å². The van der Waals surface area contributed by atoms with Gasteiger partial charge in [0.1, 0.15) is 24.2 Å². The summed E-state index contributed by atoms with van der Waals surface area (Å²) in [5.74, 6) is -3.36. The van der Waals surface area contributed by atoms with E-state index < -0.39 is 65.8 Å². The van der Waals surface area contributed by atoms with Gasteiger partial charge in [0.15, 0.2) is 6.10 Å². The summed E-state index contributed by atoms with van der Waals surface area (Å²) in [5.41, 5.74) is 0. The number of carbonyl (C=O) groups is 6. The average Bonchev–Trinajstić information content (AvgIpc) is 3.42. The van der Waals surface area contributed by atoms with Crippen LogP contribution in [0.15, 0.2) is 0 Å². The molecule has 2 heterocycles. The van der Waals surface area contributed by atoms with E-state index in [1.807, 2.05) is 41.5 Å². The normalized spacial score (nSPS) is 28.6. The number of esters is 1. The van der Waals surface area contributed by atoms with Crippen molar-refractivity contribution in [1.29, 1.82) is 0 Å². The zero-order valence-corrected chi connectivity index (χ0v) is 26.8. The molecule has 6 atom stereocenters. The zero-order valence-electron chi connectivity index (χ0n) is 26.8. The Morgan fingerprint density at radius 3 is 2.12 bits per heavy atom. The number of carbonyl (C=O) groups excluding carboxylic acids is 6. The van der Waals surface area contributed by atoms with Gasteiger partial charge in [0.25, 0.3) is 5.91 Å². The maximum atomic E-state index is 13.9. The molecule has 0 spiro atoms. The lowest BCUT2D eigenvalue weighted by Crippen LogP contribution is -2.60. The minimum absolute atomic E-state index is 0.0358. The van der Waals surface area contributed by atoms with Crippen LogP contribution >= 0.6 is 0 Å². The summed E-state index contributed by atoms with van der Waals surface area (Å²) < 4.78 is 5.59. The van der Waals surface area contributed by atoms with E-state index >= 15 is 0 Å². The SMILES string of the molecule is CC[C@H](C)[C@@H]1NC(=O)[C@@H]2CCCN2C(=O)[C@@H](CC(C)C)OC(=O)CCNC(=O)[C@@H](C)N(C)C(=O)[C@H](C(C)C)N(C)C1=O. The molecule has 0 radical (unpaired) electrons. The third-order valence-corrected chi connectivity index (χ3v) is 8.44. The number of nitrogens with zero attached hydrogens (tertiary/aromatic N) is 3. The molecule has 238 valence electrons. The van der Waals surface area contributed by atoms with Crippen LogP contribution in [-0.2, 0) is 33.5 Å². The van der Waals surface area contributed by atoms with Crippen molar-refractivity contribution in [2.75, 3.05) is 27.2 Å². The van der Waals surface area contributed by atoms with Crippen LogP contribution in [0.25, 0.3) is 0 Å². The predicted molar refractivity (Wildman–Crippen MR) is 157 cm³/mol. The molecule has 2 fully saturated rings. The van der Waals surface area contributed by atoms with Crippen molar-refractivity contribution in [2.45, 2.75) is 111 Å². The van der Waals surface area contributed by atoms with Crippen LogP contribution in [-0.4, -0.2) is 108 Å². The van der Waals surface area contributed by atoms with Crippen LogP contribution in [0.5, 0.6) is 0 Å². The van der Waals surface area contributed by atoms with Gasteiger partial charge in [-0.2, -0.15) is 0 Å². The van der Waals surface area contributed by atoms with Gasteiger partial charge >= 0.3 is 5.97 Å². The second kappa shape index (κ2) is 15.3. The third-order valence-electron chi connectivity index (χ3n) is 8.44. The second-order valence-corrected chi connectivity index (χ2v) is 12.5. The number of rotatable bonds is 5. The number of fused-ring (bicyclic) bond motifs is 1. The van der Waals surface area contributed by atoms with E-state index in [2.05, 4.69) is 10.6 Å². The molecule has 12 heteroatoms. The molecule has 2 saturated heterocycles. The molecule has 2 N–H and O–H groups in total. The summed E-state index contributed by atoms with van der Waals surface area (Å²) >= 11 is 0. The first-order valence-corrected chi connectivity index (χ1v) is 15.2. The molecule has 5 amide bonds. The van der Waals surface area contributed by atoms with Crippen molar-refractivity contribution in [1.82, 2.24) is 25.3 Å². The molecule has 0 aromatic carbocycles. The zero-order chi connectivity index (χ0) is 31.9. The number of ether oxygens (including phenoxy) is 1. The van der Waals surface area contributed by atoms with Crippen LogP contribution < -0.4 is 10.6 Å². The van der Waals surface area contributed by atoms with Crippen molar-refractivity contribution in [3.8, 4) is 0 Å². The van der Waals surface area contributed by atoms with Crippen molar-refractivity contribution in [3.05, 3.63) is 0 Å². The van der Waals surface area contributed by atoms with E-state index in [9.17, 15) is 28.8 Å². The Morgan fingerprint density at radius 2 is 1.55 bits per heavy atom. The van der Waals surface area contributed by atoms with E-state index in [4.69, 9.17) is 4.74 Å².